The average Bonchev–Trinajstić information content (AvgIpc) is 3.21. The van der Waals surface area contributed by atoms with Gasteiger partial charge in [0.15, 0.2) is 11.7 Å². The second kappa shape index (κ2) is 10.0. The van der Waals surface area contributed by atoms with Gasteiger partial charge in [0.05, 0.1) is 24.9 Å². The number of aryl methyl sites for hydroxylation is 1. The first-order chi connectivity index (χ1) is 14.5. The topological polar surface area (TPSA) is 67.6 Å². The SMILES string of the molecule is COc1cccc(C(CNC(=O)CCc2ncc(-c3ccccc3F)o2)N(C)C)c1. The molecule has 7 heteroatoms. The Hall–Kier alpha value is -3.19. The second-order valence-electron chi connectivity index (χ2n) is 7.16. The molecular formula is C23H26FN3O3. The fourth-order valence-electron chi connectivity index (χ4n) is 3.18. The minimum Gasteiger partial charge on any atom is -0.497 e. The molecule has 0 saturated heterocycles. The van der Waals surface area contributed by atoms with Crippen LogP contribution in [0.1, 0.15) is 23.9 Å². The number of benzene rings is 2. The summed E-state index contributed by atoms with van der Waals surface area (Å²) in [6.07, 6.45) is 2.05. The number of oxazole rings is 1. The smallest absolute Gasteiger partial charge is 0.220 e. The molecule has 3 aromatic rings. The maximum absolute atomic E-state index is 13.9. The van der Waals surface area contributed by atoms with E-state index in [-0.39, 0.29) is 24.2 Å². The van der Waals surface area contributed by atoms with E-state index in [2.05, 4.69) is 10.3 Å². The molecule has 1 N–H and O–H groups in total. The number of rotatable bonds is 9. The van der Waals surface area contributed by atoms with Crippen molar-refractivity contribution in [3.05, 3.63) is 72.0 Å². The maximum Gasteiger partial charge on any atom is 0.220 e. The molecule has 0 aliphatic carbocycles. The molecule has 1 heterocycles. The number of likely N-dealkylation sites (N-methyl/N-ethyl adjacent to an activating group) is 1. The molecule has 3 rings (SSSR count). The Morgan fingerprint density at radius 3 is 2.77 bits per heavy atom. The molecule has 2 aromatic carbocycles. The number of aromatic nitrogens is 1. The Labute approximate surface area is 175 Å². The summed E-state index contributed by atoms with van der Waals surface area (Å²) in [7, 11) is 5.56. The van der Waals surface area contributed by atoms with Gasteiger partial charge in [-0.05, 0) is 43.9 Å². The molecule has 0 radical (unpaired) electrons. The number of methoxy groups -OCH3 is 1. The van der Waals surface area contributed by atoms with Crippen LogP contribution in [0.3, 0.4) is 0 Å². The number of nitrogens with one attached hydrogen (secondary N) is 1. The van der Waals surface area contributed by atoms with E-state index in [4.69, 9.17) is 9.15 Å². The third-order valence-corrected chi connectivity index (χ3v) is 4.85. The van der Waals surface area contributed by atoms with Crippen molar-refractivity contribution in [2.45, 2.75) is 18.9 Å². The van der Waals surface area contributed by atoms with E-state index in [1.807, 2.05) is 43.3 Å². The minimum atomic E-state index is -0.370. The van der Waals surface area contributed by atoms with Crippen molar-refractivity contribution in [3.8, 4) is 17.1 Å². The number of nitrogens with zero attached hydrogens (tertiary/aromatic N) is 2. The van der Waals surface area contributed by atoms with Crippen LogP contribution in [0.5, 0.6) is 5.75 Å². The molecule has 0 bridgehead atoms. The molecule has 1 unspecified atom stereocenters. The van der Waals surface area contributed by atoms with Crippen molar-refractivity contribution in [3.63, 3.8) is 0 Å². The average molecular weight is 411 g/mol. The Bertz CT molecular complexity index is 987. The number of halogens is 1. The Morgan fingerprint density at radius 1 is 1.23 bits per heavy atom. The first-order valence-electron chi connectivity index (χ1n) is 9.74. The summed E-state index contributed by atoms with van der Waals surface area (Å²) in [5.41, 5.74) is 1.41. The molecule has 6 nitrogen and oxygen atoms in total. The van der Waals surface area contributed by atoms with Crippen LogP contribution < -0.4 is 10.1 Å². The summed E-state index contributed by atoms with van der Waals surface area (Å²) in [5, 5.41) is 2.97. The molecule has 0 aliphatic rings. The largest absolute Gasteiger partial charge is 0.497 e. The van der Waals surface area contributed by atoms with Gasteiger partial charge in [0.25, 0.3) is 0 Å². The van der Waals surface area contributed by atoms with E-state index in [0.717, 1.165) is 11.3 Å². The van der Waals surface area contributed by atoms with Gasteiger partial charge in [-0.15, -0.1) is 0 Å². The van der Waals surface area contributed by atoms with Gasteiger partial charge in [0.2, 0.25) is 5.91 Å². The number of hydrogen-bond acceptors (Lipinski definition) is 5. The van der Waals surface area contributed by atoms with Crippen LogP contribution in [-0.2, 0) is 11.2 Å². The van der Waals surface area contributed by atoms with E-state index in [0.29, 0.717) is 30.2 Å². The number of ether oxygens (including phenoxy) is 1. The van der Waals surface area contributed by atoms with Crippen molar-refractivity contribution in [2.75, 3.05) is 27.7 Å². The number of carbonyl (C=O) groups excluding carboxylic acids is 1. The summed E-state index contributed by atoms with van der Waals surface area (Å²) in [6.45, 7) is 0.463. The van der Waals surface area contributed by atoms with Gasteiger partial charge in [0, 0.05) is 19.4 Å². The zero-order valence-corrected chi connectivity index (χ0v) is 17.4. The molecule has 0 aliphatic heterocycles. The lowest BCUT2D eigenvalue weighted by Crippen LogP contribution is -2.34. The fourth-order valence-corrected chi connectivity index (χ4v) is 3.18. The third-order valence-electron chi connectivity index (χ3n) is 4.85. The van der Waals surface area contributed by atoms with Crippen molar-refractivity contribution in [2.24, 2.45) is 0 Å². The molecule has 1 atom stereocenters. The molecular weight excluding hydrogens is 385 g/mol. The summed E-state index contributed by atoms with van der Waals surface area (Å²) in [4.78, 5) is 18.6. The van der Waals surface area contributed by atoms with Gasteiger partial charge in [0.1, 0.15) is 11.6 Å². The number of amides is 1. The second-order valence-corrected chi connectivity index (χ2v) is 7.16. The normalized spacial score (nSPS) is 12.0. The summed E-state index contributed by atoms with van der Waals surface area (Å²) in [5.74, 6) is 1.07. The van der Waals surface area contributed by atoms with Gasteiger partial charge in [-0.3, -0.25) is 4.79 Å². The highest BCUT2D eigenvalue weighted by atomic mass is 19.1. The molecule has 158 valence electrons. The predicted octanol–water partition coefficient (Wildman–Crippen LogP) is 3.84. The van der Waals surface area contributed by atoms with E-state index < -0.39 is 0 Å². The minimum absolute atomic E-state index is 0.0125. The number of hydrogen-bond donors (Lipinski definition) is 1. The van der Waals surface area contributed by atoms with Gasteiger partial charge in [-0.25, -0.2) is 9.37 Å². The molecule has 0 spiro atoms. The maximum atomic E-state index is 13.9. The monoisotopic (exact) mass is 411 g/mol. The first kappa shape index (κ1) is 21.5. The highest BCUT2D eigenvalue weighted by Gasteiger charge is 2.17. The van der Waals surface area contributed by atoms with Crippen LogP contribution in [0.15, 0.2) is 59.1 Å². The van der Waals surface area contributed by atoms with Gasteiger partial charge in [-0.1, -0.05) is 24.3 Å². The van der Waals surface area contributed by atoms with E-state index in [1.165, 1.54) is 12.3 Å². The predicted molar refractivity (Wildman–Crippen MR) is 113 cm³/mol. The zero-order valence-electron chi connectivity index (χ0n) is 17.4. The van der Waals surface area contributed by atoms with Crippen LogP contribution in [-0.4, -0.2) is 43.5 Å². The lowest BCUT2D eigenvalue weighted by Gasteiger charge is -2.25. The van der Waals surface area contributed by atoms with Crippen LogP contribution in [0.25, 0.3) is 11.3 Å². The summed E-state index contributed by atoms with van der Waals surface area (Å²) >= 11 is 0. The first-order valence-corrected chi connectivity index (χ1v) is 9.74. The van der Waals surface area contributed by atoms with Crippen molar-refractivity contribution in [1.82, 2.24) is 15.2 Å². The van der Waals surface area contributed by atoms with E-state index in [9.17, 15) is 9.18 Å². The lowest BCUT2D eigenvalue weighted by molar-refractivity contribution is -0.121. The Morgan fingerprint density at radius 2 is 2.03 bits per heavy atom. The van der Waals surface area contributed by atoms with Crippen LogP contribution >= 0.6 is 0 Å². The van der Waals surface area contributed by atoms with Crippen molar-refractivity contribution >= 4 is 5.91 Å². The van der Waals surface area contributed by atoms with Crippen LogP contribution in [0.2, 0.25) is 0 Å². The van der Waals surface area contributed by atoms with Gasteiger partial charge in [-0.2, -0.15) is 0 Å². The van der Waals surface area contributed by atoms with Crippen molar-refractivity contribution < 1.29 is 18.3 Å². The Balaban J connectivity index is 1.55. The lowest BCUT2D eigenvalue weighted by atomic mass is 10.1. The molecule has 30 heavy (non-hydrogen) atoms. The summed E-state index contributed by atoms with van der Waals surface area (Å²) in [6, 6.07) is 14.2. The van der Waals surface area contributed by atoms with E-state index in [1.54, 1.807) is 25.3 Å². The quantitative estimate of drug-likeness (QED) is 0.579. The fraction of sp³-hybridized carbons (Fsp3) is 0.304. The molecule has 0 fully saturated rings. The van der Waals surface area contributed by atoms with Crippen LogP contribution in [0, 0.1) is 5.82 Å². The van der Waals surface area contributed by atoms with Gasteiger partial charge >= 0.3 is 0 Å². The molecule has 1 aromatic heterocycles. The van der Waals surface area contributed by atoms with Crippen LogP contribution in [0.4, 0.5) is 4.39 Å². The molecule has 0 saturated carbocycles. The standard InChI is InChI=1S/C23H26FN3O3/c1-27(2)20(16-7-6-8-17(13-16)29-3)14-25-22(28)11-12-23-26-15-21(30-23)18-9-4-5-10-19(18)24/h4-10,13,15,20H,11-12,14H2,1-3H3,(H,25,28). The van der Waals surface area contributed by atoms with Gasteiger partial charge < -0.3 is 19.4 Å². The summed E-state index contributed by atoms with van der Waals surface area (Å²) < 4.78 is 24.8. The molecule has 1 amide bonds. The number of carbonyl (C=O) groups is 1. The zero-order chi connectivity index (χ0) is 21.5. The highest BCUT2D eigenvalue weighted by Crippen LogP contribution is 2.24. The van der Waals surface area contributed by atoms with Crippen molar-refractivity contribution in [1.29, 1.82) is 0 Å². The highest BCUT2D eigenvalue weighted by molar-refractivity contribution is 5.76. The third kappa shape index (κ3) is 5.45. The Kier molecular flexibility index (Phi) is 7.19. The van der Waals surface area contributed by atoms with E-state index >= 15 is 0 Å².